The number of hydrogen-bond donors (Lipinski definition) is 1. The zero-order chi connectivity index (χ0) is 9.26. The summed E-state index contributed by atoms with van der Waals surface area (Å²) >= 11 is 0. The van der Waals surface area contributed by atoms with Gasteiger partial charge in [-0.2, -0.15) is 5.10 Å². The SMILES string of the molecule is Cl.Cn1nccc1CN1CC[C@@H](N)C1. The smallest absolute Gasteiger partial charge is 0.0521 e. The summed E-state index contributed by atoms with van der Waals surface area (Å²) in [6.45, 7) is 3.11. The Hall–Kier alpha value is -0.580. The number of nitrogens with zero attached hydrogens (tertiary/aromatic N) is 3. The van der Waals surface area contributed by atoms with Gasteiger partial charge >= 0.3 is 0 Å². The third kappa shape index (κ3) is 2.47. The lowest BCUT2D eigenvalue weighted by molar-refractivity contribution is 0.317. The highest BCUT2D eigenvalue weighted by atomic mass is 35.5. The molecule has 0 spiro atoms. The number of likely N-dealkylation sites (tertiary alicyclic amines) is 1. The topological polar surface area (TPSA) is 47.1 Å². The quantitative estimate of drug-likeness (QED) is 0.778. The molecule has 14 heavy (non-hydrogen) atoms. The molecule has 1 aromatic heterocycles. The number of nitrogens with two attached hydrogens (primary N) is 1. The second-order valence-electron chi connectivity index (χ2n) is 3.73. The number of halogens is 1. The van der Waals surface area contributed by atoms with Crippen LogP contribution in [0.1, 0.15) is 12.1 Å². The zero-order valence-electron chi connectivity index (χ0n) is 8.39. The minimum Gasteiger partial charge on any atom is -0.326 e. The van der Waals surface area contributed by atoms with Crippen molar-refractivity contribution in [2.45, 2.75) is 19.0 Å². The Morgan fingerprint density at radius 3 is 2.93 bits per heavy atom. The minimum atomic E-state index is 0. The van der Waals surface area contributed by atoms with Gasteiger partial charge in [-0.15, -0.1) is 12.4 Å². The van der Waals surface area contributed by atoms with Gasteiger partial charge in [0.05, 0.1) is 5.69 Å². The van der Waals surface area contributed by atoms with Crippen LogP contribution in [-0.2, 0) is 13.6 Å². The summed E-state index contributed by atoms with van der Waals surface area (Å²) in [7, 11) is 1.98. The first kappa shape index (κ1) is 11.5. The number of rotatable bonds is 2. The maximum atomic E-state index is 5.83. The van der Waals surface area contributed by atoms with Gasteiger partial charge in [0.25, 0.3) is 0 Å². The van der Waals surface area contributed by atoms with Gasteiger partial charge in [-0.25, -0.2) is 0 Å². The van der Waals surface area contributed by atoms with E-state index in [2.05, 4.69) is 16.1 Å². The van der Waals surface area contributed by atoms with Gasteiger partial charge in [0.1, 0.15) is 0 Å². The van der Waals surface area contributed by atoms with Crippen LogP contribution < -0.4 is 5.73 Å². The fraction of sp³-hybridized carbons (Fsp3) is 0.667. The third-order valence-corrected chi connectivity index (χ3v) is 2.62. The van der Waals surface area contributed by atoms with Crippen LogP contribution in [0.25, 0.3) is 0 Å². The molecule has 2 N–H and O–H groups in total. The van der Waals surface area contributed by atoms with E-state index in [-0.39, 0.29) is 12.4 Å². The van der Waals surface area contributed by atoms with Crippen molar-refractivity contribution >= 4 is 12.4 Å². The van der Waals surface area contributed by atoms with Gasteiger partial charge in [0, 0.05) is 38.9 Å². The predicted molar refractivity (Wildman–Crippen MR) is 58.3 cm³/mol. The molecule has 2 rings (SSSR count). The second kappa shape index (κ2) is 4.77. The van der Waals surface area contributed by atoms with Crippen LogP contribution in [-0.4, -0.2) is 33.8 Å². The van der Waals surface area contributed by atoms with Crippen molar-refractivity contribution in [3.63, 3.8) is 0 Å². The minimum absolute atomic E-state index is 0. The van der Waals surface area contributed by atoms with Crippen molar-refractivity contribution in [2.75, 3.05) is 13.1 Å². The van der Waals surface area contributed by atoms with Gasteiger partial charge < -0.3 is 5.73 Å². The van der Waals surface area contributed by atoms with E-state index >= 15 is 0 Å². The molecule has 0 bridgehead atoms. The Morgan fingerprint density at radius 1 is 1.64 bits per heavy atom. The molecular weight excluding hydrogens is 200 g/mol. The van der Waals surface area contributed by atoms with Gasteiger partial charge in [0.15, 0.2) is 0 Å². The van der Waals surface area contributed by atoms with Gasteiger partial charge in [-0.1, -0.05) is 0 Å². The fourth-order valence-corrected chi connectivity index (χ4v) is 1.79. The van der Waals surface area contributed by atoms with E-state index in [1.165, 1.54) is 5.69 Å². The Balaban J connectivity index is 0.000000980. The normalized spacial score (nSPS) is 22.3. The summed E-state index contributed by atoms with van der Waals surface area (Å²) < 4.78 is 1.92. The number of aryl methyl sites for hydroxylation is 1. The van der Waals surface area contributed by atoms with Crippen LogP contribution in [0.2, 0.25) is 0 Å². The van der Waals surface area contributed by atoms with Crippen molar-refractivity contribution < 1.29 is 0 Å². The third-order valence-electron chi connectivity index (χ3n) is 2.62. The molecule has 0 saturated carbocycles. The van der Waals surface area contributed by atoms with E-state index in [0.29, 0.717) is 6.04 Å². The first-order chi connectivity index (χ1) is 6.25. The molecule has 4 nitrogen and oxygen atoms in total. The Morgan fingerprint density at radius 2 is 2.43 bits per heavy atom. The standard InChI is InChI=1S/C9H16N4.ClH/c1-12-9(2-4-11-12)7-13-5-3-8(10)6-13;/h2,4,8H,3,5-7,10H2,1H3;1H/t8-;/m1./s1. The molecule has 0 amide bonds. The summed E-state index contributed by atoms with van der Waals surface area (Å²) in [6, 6.07) is 2.43. The van der Waals surface area contributed by atoms with Crippen LogP contribution in [0.15, 0.2) is 12.3 Å². The molecule has 1 saturated heterocycles. The summed E-state index contributed by atoms with van der Waals surface area (Å²) in [5.74, 6) is 0. The Labute approximate surface area is 90.5 Å². The average Bonchev–Trinajstić information content (AvgIpc) is 2.64. The zero-order valence-corrected chi connectivity index (χ0v) is 9.20. The van der Waals surface area contributed by atoms with Crippen LogP contribution in [0, 0.1) is 0 Å². The predicted octanol–water partition coefficient (Wildman–Crippen LogP) is 0.375. The first-order valence-electron chi connectivity index (χ1n) is 4.70. The van der Waals surface area contributed by atoms with Crippen molar-refractivity contribution in [3.8, 4) is 0 Å². The maximum Gasteiger partial charge on any atom is 0.0521 e. The Bertz CT molecular complexity index is 286. The molecule has 1 atom stereocenters. The van der Waals surface area contributed by atoms with Crippen molar-refractivity contribution in [3.05, 3.63) is 18.0 Å². The van der Waals surface area contributed by atoms with Crippen molar-refractivity contribution in [1.29, 1.82) is 0 Å². The van der Waals surface area contributed by atoms with E-state index in [4.69, 9.17) is 5.73 Å². The van der Waals surface area contributed by atoms with Gasteiger partial charge in [0.2, 0.25) is 0 Å². The molecule has 1 fully saturated rings. The maximum absolute atomic E-state index is 5.83. The van der Waals surface area contributed by atoms with Crippen molar-refractivity contribution in [1.82, 2.24) is 14.7 Å². The summed E-state index contributed by atoms with van der Waals surface area (Å²) in [6.07, 6.45) is 2.96. The number of aromatic nitrogens is 2. The molecule has 2 heterocycles. The molecule has 0 aliphatic carbocycles. The van der Waals surface area contributed by atoms with E-state index < -0.39 is 0 Å². The molecule has 5 heteroatoms. The van der Waals surface area contributed by atoms with E-state index in [0.717, 1.165) is 26.1 Å². The summed E-state index contributed by atoms with van der Waals surface area (Å²) in [5, 5.41) is 4.14. The van der Waals surface area contributed by atoms with Crippen LogP contribution >= 0.6 is 12.4 Å². The van der Waals surface area contributed by atoms with Crippen molar-refractivity contribution in [2.24, 2.45) is 12.8 Å². The van der Waals surface area contributed by atoms with Crippen LogP contribution in [0.3, 0.4) is 0 Å². The highest BCUT2D eigenvalue weighted by molar-refractivity contribution is 5.85. The molecule has 1 aromatic rings. The average molecular weight is 217 g/mol. The molecular formula is C9H17ClN4. The van der Waals surface area contributed by atoms with Gasteiger partial charge in [-0.3, -0.25) is 9.58 Å². The molecule has 1 aliphatic rings. The number of hydrogen-bond acceptors (Lipinski definition) is 3. The largest absolute Gasteiger partial charge is 0.326 e. The molecule has 0 radical (unpaired) electrons. The van der Waals surface area contributed by atoms with E-state index in [1.54, 1.807) is 0 Å². The lowest BCUT2D eigenvalue weighted by atomic mass is 10.3. The Kier molecular flexibility index (Phi) is 3.92. The van der Waals surface area contributed by atoms with E-state index in [1.807, 2.05) is 17.9 Å². The highest BCUT2D eigenvalue weighted by Crippen LogP contribution is 2.10. The summed E-state index contributed by atoms with van der Waals surface area (Å²) in [4.78, 5) is 2.38. The first-order valence-corrected chi connectivity index (χ1v) is 4.70. The lowest BCUT2D eigenvalue weighted by Crippen LogP contribution is -2.26. The van der Waals surface area contributed by atoms with Crippen LogP contribution in [0.5, 0.6) is 0 Å². The molecule has 1 aliphatic heterocycles. The molecule has 0 unspecified atom stereocenters. The second-order valence-corrected chi connectivity index (χ2v) is 3.73. The summed E-state index contributed by atoms with van der Waals surface area (Å²) in [5.41, 5.74) is 7.09. The molecule has 0 aromatic carbocycles. The fourth-order valence-electron chi connectivity index (χ4n) is 1.79. The highest BCUT2D eigenvalue weighted by Gasteiger charge is 2.19. The lowest BCUT2D eigenvalue weighted by Gasteiger charge is -2.14. The van der Waals surface area contributed by atoms with Gasteiger partial charge in [-0.05, 0) is 12.5 Å². The van der Waals surface area contributed by atoms with E-state index in [9.17, 15) is 0 Å². The van der Waals surface area contributed by atoms with Crippen LogP contribution in [0.4, 0.5) is 0 Å². The monoisotopic (exact) mass is 216 g/mol. The molecule has 80 valence electrons.